The molecule has 4 nitrogen and oxygen atoms in total. The molecule has 0 bridgehead atoms. The molecule has 5 rings (SSSR count). The Kier molecular flexibility index (Phi) is 6.68. The fourth-order valence-corrected chi connectivity index (χ4v) is 10.2. The predicted molar refractivity (Wildman–Crippen MR) is 142 cm³/mol. The Balaban J connectivity index is 1.41. The second-order valence-electron chi connectivity index (χ2n) is 14.4. The van der Waals surface area contributed by atoms with Crippen LogP contribution in [0.5, 0.6) is 0 Å². The molecule has 0 unspecified atom stereocenters. The maximum absolute atomic E-state index is 13.4. The van der Waals surface area contributed by atoms with Gasteiger partial charge in [0.2, 0.25) is 0 Å². The first kappa shape index (κ1) is 26.6. The van der Waals surface area contributed by atoms with Crippen molar-refractivity contribution in [1.29, 1.82) is 0 Å². The van der Waals surface area contributed by atoms with E-state index in [0.29, 0.717) is 54.3 Å². The standard InChI is InChI=1S/C32H50O4/c1-9-21(18(2)3)29-28(35-30(5,6)36-29)19(4)23-10-11-24-22-17-27(34)26-16-20(33)12-14-32(26,8)25(22)13-15-31(23,24)7/h16,18-19,21-25,28-29H,9-15,17H2,1-8H3/t19-,21-,22-,23-,24+,25+,28-,29-,31+,32+/m1/s1. The molecule has 4 aliphatic carbocycles. The minimum atomic E-state index is -0.534. The lowest BCUT2D eigenvalue weighted by Gasteiger charge is -2.58. The lowest BCUT2D eigenvalue weighted by Crippen LogP contribution is -2.54. The summed E-state index contributed by atoms with van der Waals surface area (Å²) >= 11 is 0. The van der Waals surface area contributed by atoms with Gasteiger partial charge >= 0.3 is 0 Å². The van der Waals surface area contributed by atoms with E-state index in [2.05, 4.69) is 55.4 Å². The number of hydrogen-bond acceptors (Lipinski definition) is 4. The summed E-state index contributed by atoms with van der Waals surface area (Å²) in [6.45, 7) is 18.4. The number of ether oxygens (including phenoxy) is 2. The molecule has 3 saturated carbocycles. The third kappa shape index (κ3) is 3.99. The smallest absolute Gasteiger partial charge is 0.163 e. The van der Waals surface area contributed by atoms with Gasteiger partial charge in [-0.3, -0.25) is 9.59 Å². The molecule has 202 valence electrons. The molecule has 4 fully saturated rings. The van der Waals surface area contributed by atoms with Gasteiger partial charge in [0.15, 0.2) is 17.4 Å². The van der Waals surface area contributed by atoms with Crippen molar-refractivity contribution in [2.75, 3.05) is 0 Å². The topological polar surface area (TPSA) is 52.6 Å². The third-order valence-corrected chi connectivity index (χ3v) is 11.9. The second-order valence-corrected chi connectivity index (χ2v) is 14.4. The SMILES string of the molecule is CC[C@H](C(C)C)[C@H]1OC(C)(C)O[C@@H]1[C@H](C)[C@H]1CC[C@H]2[C@H]3CC(=O)C4=CC(=O)CC[C@@]4(C)[C@H]3CC[C@@]12C. The minimum absolute atomic E-state index is 0.109. The molecule has 1 saturated heterocycles. The van der Waals surface area contributed by atoms with Gasteiger partial charge in [-0.15, -0.1) is 0 Å². The van der Waals surface area contributed by atoms with Crippen molar-refractivity contribution in [2.24, 2.45) is 52.3 Å². The lowest BCUT2D eigenvalue weighted by atomic mass is 9.46. The van der Waals surface area contributed by atoms with Crippen LogP contribution in [-0.2, 0) is 19.1 Å². The van der Waals surface area contributed by atoms with E-state index in [4.69, 9.17) is 9.47 Å². The highest BCUT2D eigenvalue weighted by Crippen LogP contribution is 2.67. The highest BCUT2D eigenvalue weighted by Gasteiger charge is 2.62. The van der Waals surface area contributed by atoms with Gasteiger partial charge in [0, 0.05) is 18.4 Å². The molecule has 0 spiro atoms. The fourth-order valence-electron chi connectivity index (χ4n) is 10.2. The number of carbonyl (C=O) groups is 2. The molecule has 0 amide bonds. The van der Waals surface area contributed by atoms with Crippen molar-refractivity contribution >= 4 is 11.6 Å². The molecular formula is C32H50O4. The summed E-state index contributed by atoms with van der Waals surface area (Å²) in [5.41, 5.74) is 0.984. The zero-order valence-electron chi connectivity index (χ0n) is 24.1. The number of ketones is 2. The van der Waals surface area contributed by atoms with E-state index in [-0.39, 0.29) is 34.6 Å². The highest BCUT2D eigenvalue weighted by molar-refractivity contribution is 6.05. The molecule has 5 aliphatic rings. The number of allylic oxidation sites excluding steroid dienone is 1. The number of rotatable bonds is 5. The average molecular weight is 499 g/mol. The van der Waals surface area contributed by atoms with Crippen LogP contribution in [0, 0.1) is 52.3 Å². The van der Waals surface area contributed by atoms with E-state index in [1.165, 1.54) is 25.7 Å². The Morgan fingerprint density at radius 3 is 2.31 bits per heavy atom. The zero-order valence-corrected chi connectivity index (χ0v) is 24.1. The van der Waals surface area contributed by atoms with Crippen LogP contribution in [0.1, 0.15) is 107 Å². The van der Waals surface area contributed by atoms with E-state index >= 15 is 0 Å². The van der Waals surface area contributed by atoms with Gasteiger partial charge in [0.05, 0.1) is 12.2 Å². The number of hydrogen-bond donors (Lipinski definition) is 0. The van der Waals surface area contributed by atoms with Crippen LogP contribution in [0.25, 0.3) is 0 Å². The van der Waals surface area contributed by atoms with Gasteiger partial charge in [-0.1, -0.05) is 48.0 Å². The molecule has 10 atom stereocenters. The maximum Gasteiger partial charge on any atom is 0.163 e. The van der Waals surface area contributed by atoms with Crippen LogP contribution in [-0.4, -0.2) is 29.6 Å². The molecule has 0 aromatic carbocycles. The van der Waals surface area contributed by atoms with Crippen LogP contribution in [0.3, 0.4) is 0 Å². The van der Waals surface area contributed by atoms with Crippen molar-refractivity contribution in [3.05, 3.63) is 11.6 Å². The molecule has 1 aliphatic heterocycles. The largest absolute Gasteiger partial charge is 0.344 e. The fraction of sp³-hybridized carbons (Fsp3) is 0.875. The predicted octanol–water partition coefficient (Wildman–Crippen LogP) is 7.15. The van der Waals surface area contributed by atoms with Gasteiger partial charge in [-0.25, -0.2) is 0 Å². The van der Waals surface area contributed by atoms with Gasteiger partial charge in [0.1, 0.15) is 0 Å². The summed E-state index contributed by atoms with van der Waals surface area (Å²) in [6.07, 6.45) is 10.0. The molecule has 0 radical (unpaired) electrons. The van der Waals surface area contributed by atoms with Crippen molar-refractivity contribution < 1.29 is 19.1 Å². The first-order chi connectivity index (χ1) is 16.8. The van der Waals surface area contributed by atoms with Gasteiger partial charge in [-0.05, 0) is 104 Å². The first-order valence-corrected chi connectivity index (χ1v) is 15.0. The summed E-state index contributed by atoms with van der Waals surface area (Å²) in [5, 5.41) is 0. The van der Waals surface area contributed by atoms with E-state index < -0.39 is 5.79 Å². The van der Waals surface area contributed by atoms with Crippen LogP contribution in [0.15, 0.2) is 11.6 Å². The van der Waals surface area contributed by atoms with Crippen molar-refractivity contribution in [2.45, 2.75) is 125 Å². The molecule has 0 N–H and O–H groups in total. The van der Waals surface area contributed by atoms with Crippen molar-refractivity contribution in [3.8, 4) is 0 Å². The maximum atomic E-state index is 13.4. The molecular weight excluding hydrogens is 448 g/mol. The summed E-state index contributed by atoms with van der Waals surface area (Å²) in [7, 11) is 0. The van der Waals surface area contributed by atoms with Gasteiger partial charge in [0.25, 0.3) is 0 Å². The monoisotopic (exact) mass is 498 g/mol. The number of carbonyl (C=O) groups excluding carboxylic acids is 2. The van der Waals surface area contributed by atoms with Crippen LogP contribution >= 0.6 is 0 Å². The summed E-state index contributed by atoms with van der Waals surface area (Å²) in [6, 6.07) is 0. The van der Waals surface area contributed by atoms with E-state index in [9.17, 15) is 9.59 Å². The highest BCUT2D eigenvalue weighted by atomic mass is 16.8. The van der Waals surface area contributed by atoms with E-state index in [0.717, 1.165) is 18.4 Å². The molecule has 1 heterocycles. The lowest BCUT2D eigenvalue weighted by molar-refractivity contribution is -0.158. The van der Waals surface area contributed by atoms with Gasteiger partial charge < -0.3 is 9.47 Å². The normalized spacial score (nSPS) is 45.6. The Hall–Kier alpha value is -1.00. The zero-order chi connectivity index (χ0) is 26.2. The summed E-state index contributed by atoms with van der Waals surface area (Å²) < 4.78 is 13.3. The van der Waals surface area contributed by atoms with E-state index in [1.54, 1.807) is 6.08 Å². The minimum Gasteiger partial charge on any atom is -0.344 e. The summed E-state index contributed by atoms with van der Waals surface area (Å²) in [4.78, 5) is 25.6. The Labute approximate surface area is 219 Å². The van der Waals surface area contributed by atoms with Crippen molar-refractivity contribution in [3.63, 3.8) is 0 Å². The Morgan fingerprint density at radius 2 is 1.64 bits per heavy atom. The average Bonchev–Trinajstić information content (AvgIpc) is 3.31. The molecule has 0 aromatic heterocycles. The van der Waals surface area contributed by atoms with Gasteiger partial charge in [-0.2, -0.15) is 0 Å². The van der Waals surface area contributed by atoms with Crippen LogP contribution < -0.4 is 0 Å². The van der Waals surface area contributed by atoms with Crippen LogP contribution in [0.2, 0.25) is 0 Å². The number of Topliss-reactive ketones (excluding diaryl/α,β-unsaturated/α-hetero) is 1. The summed E-state index contributed by atoms with van der Waals surface area (Å²) in [5.74, 6) is 3.51. The molecule has 4 heteroatoms. The second kappa shape index (κ2) is 9.04. The third-order valence-electron chi connectivity index (χ3n) is 11.9. The Morgan fingerprint density at radius 1 is 0.944 bits per heavy atom. The Bertz CT molecular complexity index is 932. The number of fused-ring (bicyclic) bond motifs is 5. The van der Waals surface area contributed by atoms with Crippen molar-refractivity contribution in [1.82, 2.24) is 0 Å². The molecule has 36 heavy (non-hydrogen) atoms. The first-order valence-electron chi connectivity index (χ1n) is 15.0. The quantitative estimate of drug-likeness (QED) is 0.404. The van der Waals surface area contributed by atoms with E-state index in [1.807, 2.05) is 0 Å². The van der Waals surface area contributed by atoms with Crippen LogP contribution in [0.4, 0.5) is 0 Å². The molecule has 0 aromatic rings.